The molecule has 1 aromatic heterocycles. The predicted molar refractivity (Wildman–Crippen MR) is 73.9 cm³/mol. The van der Waals surface area contributed by atoms with Gasteiger partial charge in [0.05, 0.1) is 0 Å². The highest BCUT2D eigenvalue weighted by molar-refractivity contribution is 6.00. The first-order valence-electron chi connectivity index (χ1n) is 6.46. The van der Waals surface area contributed by atoms with Crippen LogP contribution in [0.4, 0.5) is 0 Å². The lowest BCUT2D eigenvalue weighted by atomic mass is 10.1. The first kappa shape index (κ1) is 13.3. The number of aryl methyl sites for hydroxylation is 1. The standard InChI is InChI=1S/C15H18N2O2/c1-4-10(2)16-15(18)13-11(3)19-17-14(13)12-8-6-5-7-9-12/h5-10H,4H2,1-3H3,(H,16,18)/t10-/m0/s1. The summed E-state index contributed by atoms with van der Waals surface area (Å²) in [6, 6.07) is 9.71. The predicted octanol–water partition coefficient (Wildman–Crippen LogP) is 3.18. The fourth-order valence-electron chi connectivity index (χ4n) is 1.83. The molecule has 19 heavy (non-hydrogen) atoms. The zero-order valence-electron chi connectivity index (χ0n) is 11.4. The molecular weight excluding hydrogens is 240 g/mol. The Kier molecular flexibility index (Phi) is 4.00. The second-order valence-electron chi connectivity index (χ2n) is 4.61. The smallest absolute Gasteiger partial charge is 0.257 e. The van der Waals surface area contributed by atoms with Crippen molar-refractivity contribution in [2.75, 3.05) is 0 Å². The molecule has 4 nitrogen and oxygen atoms in total. The van der Waals surface area contributed by atoms with Crippen LogP contribution in [-0.4, -0.2) is 17.1 Å². The van der Waals surface area contributed by atoms with Gasteiger partial charge in [-0.15, -0.1) is 0 Å². The van der Waals surface area contributed by atoms with Crippen molar-refractivity contribution in [3.63, 3.8) is 0 Å². The largest absolute Gasteiger partial charge is 0.360 e. The van der Waals surface area contributed by atoms with Crippen LogP contribution in [0.25, 0.3) is 11.3 Å². The van der Waals surface area contributed by atoms with Gasteiger partial charge in [-0.25, -0.2) is 0 Å². The van der Waals surface area contributed by atoms with Crippen LogP contribution in [0.5, 0.6) is 0 Å². The summed E-state index contributed by atoms with van der Waals surface area (Å²) < 4.78 is 5.18. The number of rotatable bonds is 4. The molecule has 0 unspecified atom stereocenters. The minimum absolute atomic E-state index is 0.130. The van der Waals surface area contributed by atoms with Gasteiger partial charge < -0.3 is 9.84 Å². The van der Waals surface area contributed by atoms with E-state index in [1.165, 1.54) is 0 Å². The summed E-state index contributed by atoms with van der Waals surface area (Å²) in [5, 5.41) is 6.95. The molecule has 0 spiro atoms. The Labute approximate surface area is 112 Å². The highest BCUT2D eigenvalue weighted by Crippen LogP contribution is 2.24. The lowest BCUT2D eigenvalue weighted by Gasteiger charge is -2.11. The summed E-state index contributed by atoms with van der Waals surface area (Å²) in [5.74, 6) is 0.409. The van der Waals surface area contributed by atoms with Crippen molar-refractivity contribution in [1.82, 2.24) is 10.5 Å². The van der Waals surface area contributed by atoms with Gasteiger partial charge in [0.1, 0.15) is 17.0 Å². The third-order valence-corrected chi connectivity index (χ3v) is 3.13. The van der Waals surface area contributed by atoms with E-state index in [1.54, 1.807) is 6.92 Å². The van der Waals surface area contributed by atoms with E-state index in [4.69, 9.17) is 4.52 Å². The molecule has 0 radical (unpaired) electrons. The highest BCUT2D eigenvalue weighted by Gasteiger charge is 2.22. The Morgan fingerprint density at radius 2 is 2.05 bits per heavy atom. The van der Waals surface area contributed by atoms with Gasteiger partial charge in [-0.2, -0.15) is 0 Å². The molecule has 0 saturated carbocycles. The van der Waals surface area contributed by atoms with E-state index in [1.807, 2.05) is 44.2 Å². The quantitative estimate of drug-likeness (QED) is 0.916. The van der Waals surface area contributed by atoms with Crippen LogP contribution in [0.15, 0.2) is 34.9 Å². The fourth-order valence-corrected chi connectivity index (χ4v) is 1.83. The first-order chi connectivity index (χ1) is 9.13. The molecule has 1 aromatic carbocycles. The maximum atomic E-state index is 12.3. The summed E-state index contributed by atoms with van der Waals surface area (Å²) in [6.45, 7) is 5.76. The average molecular weight is 258 g/mol. The number of nitrogens with zero attached hydrogens (tertiary/aromatic N) is 1. The topological polar surface area (TPSA) is 55.1 Å². The number of carbonyl (C=O) groups excluding carboxylic acids is 1. The number of benzene rings is 1. The Balaban J connectivity index is 2.36. The first-order valence-corrected chi connectivity index (χ1v) is 6.46. The molecule has 0 aliphatic rings. The van der Waals surface area contributed by atoms with Crippen molar-refractivity contribution >= 4 is 5.91 Å². The lowest BCUT2D eigenvalue weighted by Crippen LogP contribution is -2.32. The minimum atomic E-state index is -0.132. The van der Waals surface area contributed by atoms with Crippen molar-refractivity contribution in [2.45, 2.75) is 33.2 Å². The lowest BCUT2D eigenvalue weighted by molar-refractivity contribution is 0.0938. The van der Waals surface area contributed by atoms with Crippen molar-refractivity contribution in [3.05, 3.63) is 41.7 Å². The number of hydrogen-bond acceptors (Lipinski definition) is 3. The van der Waals surface area contributed by atoms with Gasteiger partial charge in [-0.05, 0) is 20.3 Å². The molecule has 100 valence electrons. The molecule has 0 bridgehead atoms. The van der Waals surface area contributed by atoms with E-state index in [0.717, 1.165) is 12.0 Å². The Morgan fingerprint density at radius 3 is 2.68 bits per heavy atom. The zero-order valence-corrected chi connectivity index (χ0v) is 11.4. The van der Waals surface area contributed by atoms with Crippen molar-refractivity contribution < 1.29 is 9.32 Å². The molecule has 1 heterocycles. The van der Waals surface area contributed by atoms with Crippen molar-refractivity contribution in [1.29, 1.82) is 0 Å². The summed E-state index contributed by atoms with van der Waals surface area (Å²) in [4.78, 5) is 12.3. The van der Waals surface area contributed by atoms with Gasteiger partial charge in [0.25, 0.3) is 5.91 Å². The van der Waals surface area contributed by atoms with Crippen molar-refractivity contribution in [3.8, 4) is 11.3 Å². The number of amides is 1. The van der Waals surface area contributed by atoms with Crippen LogP contribution in [-0.2, 0) is 0 Å². The molecule has 2 rings (SSSR count). The van der Waals surface area contributed by atoms with E-state index in [0.29, 0.717) is 17.0 Å². The molecular formula is C15H18N2O2. The second kappa shape index (κ2) is 5.69. The second-order valence-corrected chi connectivity index (χ2v) is 4.61. The Bertz CT molecular complexity index is 561. The third-order valence-electron chi connectivity index (χ3n) is 3.13. The highest BCUT2D eigenvalue weighted by atomic mass is 16.5. The van der Waals surface area contributed by atoms with Crippen LogP contribution in [0.2, 0.25) is 0 Å². The van der Waals surface area contributed by atoms with Gasteiger partial charge in [-0.1, -0.05) is 42.4 Å². The minimum Gasteiger partial charge on any atom is -0.360 e. The Morgan fingerprint density at radius 1 is 1.37 bits per heavy atom. The van der Waals surface area contributed by atoms with E-state index in [2.05, 4.69) is 10.5 Å². The van der Waals surface area contributed by atoms with E-state index in [-0.39, 0.29) is 11.9 Å². The van der Waals surface area contributed by atoms with E-state index in [9.17, 15) is 4.79 Å². The number of aromatic nitrogens is 1. The SMILES string of the molecule is CC[C@H](C)NC(=O)c1c(-c2ccccc2)noc1C. The van der Waals surface area contributed by atoms with Crippen LogP contribution in [0.1, 0.15) is 36.4 Å². The molecule has 0 aliphatic heterocycles. The van der Waals surface area contributed by atoms with Gasteiger partial charge in [0.2, 0.25) is 0 Å². The van der Waals surface area contributed by atoms with Gasteiger partial charge in [0.15, 0.2) is 0 Å². The number of nitrogens with one attached hydrogen (secondary N) is 1. The maximum absolute atomic E-state index is 12.3. The summed E-state index contributed by atoms with van der Waals surface area (Å²) in [7, 11) is 0. The van der Waals surface area contributed by atoms with Crippen LogP contribution >= 0.6 is 0 Å². The normalized spacial score (nSPS) is 12.2. The summed E-state index contributed by atoms with van der Waals surface area (Å²) in [6.07, 6.45) is 0.886. The Hall–Kier alpha value is -2.10. The molecule has 1 atom stereocenters. The van der Waals surface area contributed by atoms with Gasteiger partial charge in [0, 0.05) is 11.6 Å². The fraction of sp³-hybridized carbons (Fsp3) is 0.333. The molecule has 4 heteroatoms. The molecule has 0 saturated heterocycles. The zero-order chi connectivity index (χ0) is 13.8. The molecule has 0 aliphatic carbocycles. The third kappa shape index (κ3) is 2.84. The van der Waals surface area contributed by atoms with E-state index < -0.39 is 0 Å². The number of hydrogen-bond donors (Lipinski definition) is 1. The number of carbonyl (C=O) groups is 1. The van der Waals surface area contributed by atoms with Gasteiger partial charge >= 0.3 is 0 Å². The van der Waals surface area contributed by atoms with Crippen LogP contribution in [0, 0.1) is 6.92 Å². The van der Waals surface area contributed by atoms with Crippen LogP contribution in [0.3, 0.4) is 0 Å². The monoisotopic (exact) mass is 258 g/mol. The molecule has 2 aromatic rings. The molecule has 1 N–H and O–H groups in total. The summed E-state index contributed by atoms with van der Waals surface area (Å²) >= 11 is 0. The van der Waals surface area contributed by atoms with E-state index >= 15 is 0 Å². The molecule has 0 fully saturated rings. The molecule has 1 amide bonds. The van der Waals surface area contributed by atoms with Crippen molar-refractivity contribution in [2.24, 2.45) is 0 Å². The summed E-state index contributed by atoms with van der Waals surface area (Å²) in [5.41, 5.74) is 2.00. The van der Waals surface area contributed by atoms with Crippen LogP contribution < -0.4 is 5.32 Å². The average Bonchev–Trinajstić information content (AvgIpc) is 2.81. The maximum Gasteiger partial charge on any atom is 0.257 e. The van der Waals surface area contributed by atoms with Gasteiger partial charge in [-0.3, -0.25) is 4.79 Å².